The van der Waals surface area contributed by atoms with Gasteiger partial charge in [0.2, 0.25) is 0 Å². The van der Waals surface area contributed by atoms with Crippen LogP contribution in [0.15, 0.2) is 48.5 Å². The van der Waals surface area contributed by atoms with E-state index in [0.717, 1.165) is 43.1 Å². The Kier molecular flexibility index (Phi) is 5.95. The number of nitrogens with zero attached hydrogens (tertiary/aromatic N) is 1. The van der Waals surface area contributed by atoms with E-state index in [1.165, 1.54) is 5.56 Å². The van der Waals surface area contributed by atoms with Crippen molar-refractivity contribution in [2.75, 3.05) is 20.2 Å². The van der Waals surface area contributed by atoms with Gasteiger partial charge in [0.05, 0.1) is 13.2 Å². The average Bonchev–Trinajstić information content (AvgIpc) is 3.10. The zero-order valence-corrected chi connectivity index (χ0v) is 15.0. The van der Waals surface area contributed by atoms with E-state index in [1.54, 1.807) is 7.11 Å². The van der Waals surface area contributed by atoms with E-state index in [2.05, 4.69) is 17.0 Å². The van der Waals surface area contributed by atoms with Crippen LogP contribution in [0, 0.1) is 5.92 Å². The molecule has 4 nitrogen and oxygen atoms in total. The second-order valence-corrected chi connectivity index (χ2v) is 6.78. The maximum absolute atomic E-state index is 9.74. The largest absolute Gasteiger partial charge is 0.493 e. The molecule has 2 aromatic carbocycles. The summed E-state index contributed by atoms with van der Waals surface area (Å²) < 4.78 is 11.4. The minimum absolute atomic E-state index is 0.228. The summed E-state index contributed by atoms with van der Waals surface area (Å²) in [4.78, 5) is 2.39. The summed E-state index contributed by atoms with van der Waals surface area (Å²) >= 11 is 0. The van der Waals surface area contributed by atoms with Crippen LogP contribution in [-0.2, 0) is 13.2 Å². The highest BCUT2D eigenvalue weighted by Crippen LogP contribution is 2.30. The van der Waals surface area contributed by atoms with Crippen molar-refractivity contribution in [2.45, 2.75) is 32.6 Å². The molecule has 0 radical (unpaired) electrons. The Balaban J connectivity index is 1.61. The van der Waals surface area contributed by atoms with Crippen LogP contribution in [-0.4, -0.2) is 36.3 Å². The number of likely N-dealkylation sites (tertiary alicyclic amines) is 1. The predicted molar refractivity (Wildman–Crippen MR) is 98.8 cm³/mol. The Hall–Kier alpha value is -2.04. The summed E-state index contributed by atoms with van der Waals surface area (Å²) in [5, 5.41) is 9.74. The Bertz CT molecular complexity index is 672. The Morgan fingerprint density at radius 3 is 2.60 bits per heavy atom. The molecular weight excluding hydrogens is 314 g/mol. The average molecular weight is 341 g/mol. The number of aliphatic hydroxyl groups excluding tert-OH is 1. The van der Waals surface area contributed by atoms with Crippen LogP contribution >= 0.6 is 0 Å². The lowest BCUT2D eigenvalue weighted by atomic mass is 10.0. The molecule has 0 amide bonds. The molecule has 25 heavy (non-hydrogen) atoms. The summed E-state index contributed by atoms with van der Waals surface area (Å²) in [6, 6.07) is 16.2. The lowest BCUT2D eigenvalue weighted by Crippen LogP contribution is -2.23. The lowest BCUT2D eigenvalue weighted by Gasteiger charge is -2.18. The molecule has 0 bridgehead atoms. The minimum Gasteiger partial charge on any atom is -0.493 e. The Morgan fingerprint density at radius 1 is 1.12 bits per heavy atom. The predicted octanol–water partition coefficient (Wildman–Crippen LogP) is 3.48. The zero-order chi connectivity index (χ0) is 17.6. The monoisotopic (exact) mass is 341 g/mol. The van der Waals surface area contributed by atoms with Crippen LogP contribution in [0.3, 0.4) is 0 Å². The number of ether oxygens (including phenoxy) is 2. The van der Waals surface area contributed by atoms with Crippen molar-refractivity contribution in [3.05, 3.63) is 59.7 Å². The number of aliphatic hydroxyl groups is 1. The molecule has 0 saturated carbocycles. The highest BCUT2D eigenvalue weighted by molar-refractivity contribution is 5.43. The van der Waals surface area contributed by atoms with Crippen molar-refractivity contribution >= 4 is 0 Å². The number of hydrogen-bond donors (Lipinski definition) is 1. The van der Waals surface area contributed by atoms with Crippen LogP contribution in [0.25, 0.3) is 0 Å². The van der Waals surface area contributed by atoms with Crippen molar-refractivity contribution in [3.8, 4) is 11.5 Å². The van der Waals surface area contributed by atoms with Crippen molar-refractivity contribution in [3.63, 3.8) is 0 Å². The summed E-state index contributed by atoms with van der Waals surface area (Å²) in [6.07, 6.45) is 0.834. The molecule has 1 saturated heterocycles. The van der Waals surface area contributed by atoms with Gasteiger partial charge in [-0.15, -0.1) is 0 Å². The zero-order valence-electron chi connectivity index (χ0n) is 15.0. The molecule has 2 unspecified atom stereocenters. The topological polar surface area (TPSA) is 41.9 Å². The van der Waals surface area contributed by atoms with Gasteiger partial charge in [0.25, 0.3) is 0 Å². The van der Waals surface area contributed by atoms with Crippen LogP contribution in [0.4, 0.5) is 0 Å². The molecule has 0 aromatic heterocycles. The first-order valence-electron chi connectivity index (χ1n) is 8.90. The van der Waals surface area contributed by atoms with E-state index in [1.807, 2.05) is 43.3 Å². The molecule has 2 atom stereocenters. The van der Waals surface area contributed by atoms with Gasteiger partial charge >= 0.3 is 0 Å². The van der Waals surface area contributed by atoms with Gasteiger partial charge in [0, 0.05) is 13.1 Å². The van der Waals surface area contributed by atoms with Gasteiger partial charge in [0.15, 0.2) is 11.5 Å². The van der Waals surface area contributed by atoms with Gasteiger partial charge < -0.3 is 14.6 Å². The summed E-state index contributed by atoms with van der Waals surface area (Å²) in [5.41, 5.74) is 2.34. The molecule has 0 aliphatic carbocycles. The van der Waals surface area contributed by atoms with Gasteiger partial charge in [0.1, 0.15) is 6.61 Å². The van der Waals surface area contributed by atoms with Gasteiger partial charge in [-0.2, -0.15) is 0 Å². The number of benzene rings is 2. The van der Waals surface area contributed by atoms with E-state index in [0.29, 0.717) is 12.5 Å². The lowest BCUT2D eigenvalue weighted by molar-refractivity contribution is 0.127. The van der Waals surface area contributed by atoms with E-state index in [4.69, 9.17) is 9.47 Å². The molecule has 134 valence electrons. The van der Waals surface area contributed by atoms with E-state index < -0.39 is 0 Å². The first-order chi connectivity index (χ1) is 12.2. The first-order valence-corrected chi connectivity index (χ1v) is 8.90. The second kappa shape index (κ2) is 8.37. The fourth-order valence-electron chi connectivity index (χ4n) is 3.32. The highest BCUT2D eigenvalue weighted by Gasteiger charge is 2.25. The third-order valence-electron chi connectivity index (χ3n) is 4.86. The molecule has 1 N–H and O–H groups in total. The first kappa shape index (κ1) is 17.8. The third kappa shape index (κ3) is 4.74. The number of methoxy groups -OCH3 is 1. The van der Waals surface area contributed by atoms with E-state index in [-0.39, 0.29) is 6.10 Å². The molecule has 1 fully saturated rings. The fourth-order valence-corrected chi connectivity index (χ4v) is 3.32. The summed E-state index contributed by atoms with van der Waals surface area (Å²) in [6.45, 7) is 5.27. The summed E-state index contributed by atoms with van der Waals surface area (Å²) in [7, 11) is 1.67. The molecular formula is C21H27NO3. The van der Waals surface area contributed by atoms with Crippen LogP contribution in [0.2, 0.25) is 0 Å². The SMILES string of the molecule is COc1cc(CN2CCC(C(C)O)C2)ccc1OCc1ccccc1. The van der Waals surface area contributed by atoms with Gasteiger partial charge in [-0.3, -0.25) is 4.90 Å². The van der Waals surface area contributed by atoms with Crippen LogP contribution < -0.4 is 9.47 Å². The van der Waals surface area contributed by atoms with Crippen molar-refractivity contribution in [1.82, 2.24) is 4.90 Å². The van der Waals surface area contributed by atoms with Crippen LogP contribution in [0.1, 0.15) is 24.5 Å². The molecule has 4 heteroatoms. The maximum atomic E-state index is 9.74. The molecule has 1 heterocycles. The van der Waals surface area contributed by atoms with Crippen molar-refractivity contribution in [1.29, 1.82) is 0 Å². The maximum Gasteiger partial charge on any atom is 0.161 e. The number of rotatable bonds is 7. The van der Waals surface area contributed by atoms with Crippen molar-refractivity contribution < 1.29 is 14.6 Å². The van der Waals surface area contributed by atoms with E-state index >= 15 is 0 Å². The number of hydrogen-bond acceptors (Lipinski definition) is 4. The normalized spacial score (nSPS) is 18.9. The minimum atomic E-state index is -0.228. The summed E-state index contributed by atoms with van der Waals surface area (Å²) in [5.74, 6) is 1.91. The standard InChI is InChI=1S/C21H27NO3/c1-16(23)19-10-11-22(14-19)13-18-8-9-20(21(12-18)24-2)25-15-17-6-4-3-5-7-17/h3-9,12,16,19,23H,10-11,13-15H2,1-2H3. The smallest absolute Gasteiger partial charge is 0.161 e. The third-order valence-corrected chi connectivity index (χ3v) is 4.86. The molecule has 1 aliphatic heterocycles. The Morgan fingerprint density at radius 2 is 1.92 bits per heavy atom. The molecule has 3 rings (SSSR count). The van der Waals surface area contributed by atoms with E-state index in [9.17, 15) is 5.11 Å². The quantitative estimate of drug-likeness (QED) is 0.837. The Labute approximate surface area is 150 Å². The second-order valence-electron chi connectivity index (χ2n) is 6.78. The highest BCUT2D eigenvalue weighted by atomic mass is 16.5. The molecule has 2 aromatic rings. The van der Waals surface area contributed by atoms with Crippen molar-refractivity contribution in [2.24, 2.45) is 5.92 Å². The van der Waals surface area contributed by atoms with Gasteiger partial charge in [-0.05, 0) is 49.1 Å². The molecule has 1 aliphatic rings. The van der Waals surface area contributed by atoms with Crippen LogP contribution in [0.5, 0.6) is 11.5 Å². The molecule has 0 spiro atoms. The van der Waals surface area contributed by atoms with Gasteiger partial charge in [-0.25, -0.2) is 0 Å². The fraction of sp³-hybridized carbons (Fsp3) is 0.429. The van der Waals surface area contributed by atoms with Gasteiger partial charge in [-0.1, -0.05) is 36.4 Å².